The van der Waals surface area contributed by atoms with Crippen LogP contribution in [0.4, 0.5) is 5.95 Å². The molecule has 1 atom stereocenters. The first kappa shape index (κ1) is 19.3. The first-order valence-corrected chi connectivity index (χ1v) is 9.64. The summed E-state index contributed by atoms with van der Waals surface area (Å²) in [5, 5.41) is 2.92. The summed E-state index contributed by atoms with van der Waals surface area (Å²) in [6, 6.07) is 0.756. The molecule has 0 aromatic carbocycles. The minimum absolute atomic E-state index is 0.0745. The van der Waals surface area contributed by atoms with Crippen LogP contribution in [0.2, 0.25) is 0 Å². The molecular weight excluding hydrogens is 376 g/mol. The van der Waals surface area contributed by atoms with Crippen molar-refractivity contribution >= 4 is 11.9 Å². The average Bonchev–Trinajstić information content (AvgIpc) is 2.66. The Bertz CT molecular complexity index is 1010. The lowest BCUT2D eigenvalue weighted by Gasteiger charge is -2.37. The zero-order valence-electron chi connectivity index (χ0n) is 16.4. The van der Waals surface area contributed by atoms with Gasteiger partial charge in [0.05, 0.1) is 24.9 Å². The molecule has 4 rings (SSSR count). The Labute approximate surface area is 166 Å². The highest BCUT2D eigenvalue weighted by Crippen LogP contribution is 2.40. The van der Waals surface area contributed by atoms with E-state index in [2.05, 4.69) is 39.0 Å². The van der Waals surface area contributed by atoms with Gasteiger partial charge in [-0.15, -0.1) is 0 Å². The van der Waals surface area contributed by atoms with Crippen LogP contribution >= 0.6 is 0 Å². The van der Waals surface area contributed by atoms with Gasteiger partial charge in [-0.25, -0.2) is 14.8 Å². The molecule has 29 heavy (non-hydrogen) atoms. The normalized spacial score (nSPS) is 20.8. The summed E-state index contributed by atoms with van der Waals surface area (Å²) in [6.45, 7) is 7.05. The molecule has 1 saturated heterocycles. The van der Waals surface area contributed by atoms with E-state index in [1.807, 2.05) is 0 Å². The summed E-state index contributed by atoms with van der Waals surface area (Å²) in [6.07, 6.45) is 3.24. The second-order valence-corrected chi connectivity index (χ2v) is 8.24. The number of hydrogen-bond acceptors (Lipinski definition) is 7. The van der Waals surface area contributed by atoms with Crippen LogP contribution in [0.5, 0.6) is 0 Å². The van der Waals surface area contributed by atoms with Gasteiger partial charge in [0, 0.05) is 30.9 Å². The molecule has 3 N–H and O–H groups in total. The molecule has 0 saturated carbocycles. The standard InChI is InChI=1S/C19H24N6O4/c1-19(2)8-13(21-16(27)12-7-15(26)24-18(28)23-12)11-10-20-17(22-14(11)9-19)25-3-5-29-6-4-25/h7,10,13H,3-6,8-9H2,1-2H3,(H,21,27)(H2,23,24,26,28)/t13-/m0/s1. The van der Waals surface area contributed by atoms with Crippen LogP contribution in [0.15, 0.2) is 21.9 Å². The number of H-pyrrole nitrogens is 2. The largest absolute Gasteiger partial charge is 0.378 e. The van der Waals surface area contributed by atoms with Gasteiger partial charge in [-0.2, -0.15) is 0 Å². The highest BCUT2D eigenvalue weighted by Gasteiger charge is 2.35. The molecule has 1 amide bonds. The van der Waals surface area contributed by atoms with Crippen LogP contribution in [0.3, 0.4) is 0 Å². The van der Waals surface area contributed by atoms with Gasteiger partial charge in [-0.05, 0) is 18.3 Å². The van der Waals surface area contributed by atoms with Crippen molar-refractivity contribution in [1.82, 2.24) is 25.3 Å². The lowest BCUT2D eigenvalue weighted by Crippen LogP contribution is -2.40. The lowest BCUT2D eigenvalue weighted by atomic mass is 9.74. The second kappa shape index (κ2) is 7.43. The Morgan fingerprint density at radius 2 is 2.03 bits per heavy atom. The minimum atomic E-state index is -0.717. The summed E-state index contributed by atoms with van der Waals surface area (Å²) in [5.74, 6) is 0.160. The van der Waals surface area contributed by atoms with Crippen molar-refractivity contribution in [2.45, 2.75) is 32.7 Å². The number of carbonyl (C=O) groups is 1. The molecule has 0 radical (unpaired) electrons. The van der Waals surface area contributed by atoms with E-state index in [4.69, 9.17) is 9.72 Å². The van der Waals surface area contributed by atoms with Crippen LogP contribution in [0.25, 0.3) is 0 Å². The SMILES string of the molecule is CC1(C)Cc2nc(N3CCOCC3)ncc2[C@@H](NC(=O)c2cc(=O)[nH]c(=O)[nH]2)C1. The number of aromatic nitrogens is 4. The van der Waals surface area contributed by atoms with Crippen molar-refractivity contribution in [2.24, 2.45) is 5.41 Å². The van der Waals surface area contributed by atoms with Crippen LogP contribution in [0.1, 0.15) is 48.1 Å². The van der Waals surface area contributed by atoms with E-state index in [0.717, 1.165) is 36.8 Å². The molecule has 3 heterocycles. The lowest BCUT2D eigenvalue weighted by molar-refractivity contribution is 0.0913. The molecule has 2 aromatic rings. The molecule has 1 fully saturated rings. The second-order valence-electron chi connectivity index (χ2n) is 8.24. The quantitative estimate of drug-likeness (QED) is 0.667. The van der Waals surface area contributed by atoms with E-state index < -0.39 is 17.2 Å². The van der Waals surface area contributed by atoms with Crippen molar-refractivity contribution in [3.05, 3.63) is 50.1 Å². The van der Waals surface area contributed by atoms with Gasteiger partial charge in [-0.1, -0.05) is 13.8 Å². The third-order valence-corrected chi connectivity index (χ3v) is 5.27. The number of nitrogens with zero attached hydrogens (tertiary/aromatic N) is 3. The number of aromatic amines is 2. The summed E-state index contributed by atoms with van der Waals surface area (Å²) in [5.41, 5.74) is 0.273. The molecule has 0 unspecified atom stereocenters. The van der Waals surface area contributed by atoms with Crippen molar-refractivity contribution < 1.29 is 9.53 Å². The molecule has 2 aliphatic rings. The molecule has 10 heteroatoms. The monoisotopic (exact) mass is 400 g/mol. The van der Waals surface area contributed by atoms with E-state index >= 15 is 0 Å². The Kier molecular flexibility index (Phi) is 4.95. The summed E-state index contributed by atoms with van der Waals surface area (Å²) >= 11 is 0. The Morgan fingerprint density at radius 1 is 1.28 bits per heavy atom. The van der Waals surface area contributed by atoms with Gasteiger partial charge in [0.15, 0.2) is 0 Å². The van der Waals surface area contributed by atoms with Crippen LogP contribution in [0, 0.1) is 5.41 Å². The maximum absolute atomic E-state index is 12.7. The highest BCUT2D eigenvalue weighted by molar-refractivity contribution is 5.92. The van der Waals surface area contributed by atoms with Crippen LogP contribution in [-0.2, 0) is 11.2 Å². The zero-order valence-corrected chi connectivity index (χ0v) is 16.4. The molecule has 1 aliphatic heterocycles. The van der Waals surface area contributed by atoms with Crippen molar-refractivity contribution in [1.29, 1.82) is 0 Å². The van der Waals surface area contributed by atoms with Crippen LogP contribution < -0.4 is 21.5 Å². The van der Waals surface area contributed by atoms with Gasteiger partial charge in [-0.3, -0.25) is 14.6 Å². The van der Waals surface area contributed by atoms with E-state index in [0.29, 0.717) is 25.6 Å². The number of hydrogen-bond donors (Lipinski definition) is 3. The molecular formula is C19H24N6O4. The van der Waals surface area contributed by atoms with E-state index in [1.165, 1.54) is 0 Å². The topological polar surface area (TPSA) is 133 Å². The number of amides is 1. The third kappa shape index (κ3) is 4.21. The summed E-state index contributed by atoms with van der Waals surface area (Å²) in [7, 11) is 0. The van der Waals surface area contributed by atoms with Gasteiger partial charge < -0.3 is 19.9 Å². The molecule has 0 spiro atoms. The number of rotatable bonds is 3. The fourth-order valence-electron chi connectivity index (χ4n) is 3.91. The Balaban J connectivity index is 1.62. The molecule has 10 nitrogen and oxygen atoms in total. The molecule has 0 bridgehead atoms. The van der Waals surface area contributed by atoms with E-state index in [-0.39, 0.29) is 17.2 Å². The molecule has 2 aromatic heterocycles. The van der Waals surface area contributed by atoms with Crippen molar-refractivity contribution in [3.8, 4) is 0 Å². The maximum atomic E-state index is 12.7. The Morgan fingerprint density at radius 3 is 2.76 bits per heavy atom. The highest BCUT2D eigenvalue weighted by atomic mass is 16.5. The van der Waals surface area contributed by atoms with Crippen LogP contribution in [-0.4, -0.2) is 52.1 Å². The van der Waals surface area contributed by atoms with E-state index in [9.17, 15) is 14.4 Å². The fourth-order valence-corrected chi connectivity index (χ4v) is 3.91. The average molecular weight is 400 g/mol. The minimum Gasteiger partial charge on any atom is -0.378 e. The first-order chi connectivity index (χ1) is 13.8. The number of anilines is 1. The predicted octanol–water partition coefficient (Wildman–Crippen LogP) is 0.133. The zero-order chi connectivity index (χ0) is 20.6. The van der Waals surface area contributed by atoms with E-state index in [1.54, 1.807) is 6.20 Å². The maximum Gasteiger partial charge on any atom is 0.326 e. The van der Waals surface area contributed by atoms with Crippen molar-refractivity contribution in [3.63, 3.8) is 0 Å². The van der Waals surface area contributed by atoms with Gasteiger partial charge in [0.1, 0.15) is 5.69 Å². The number of carbonyl (C=O) groups excluding carboxylic acids is 1. The number of nitrogens with one attached hydrogen (secondary N) is 3. The Hall–Kier alpha value is -3.01. The predicted molar refractivity (Wildman–Crippen MR) is 105 cm³/mol. The van der Waals surface area contributed by atoms with Gasteiger partial charge in [0.2, 0.25) is 5.95 Å². The van der Waals surface area contributed by atoms with Gasteiger partial charge >= 0.3 is 5.69 Å². The number of morpholine rings is 1. The van der Waals surface area contributed by atoms with Gasteiger partial charge in [0.25, 0.3) is 11.5 Å². The number of ether oxygens (including phenoxy) is 1. The fraction of sp³-hybridized carbons (Fsp3) is 0.526. The third-order valence-electron chi connectivity index (χ3n) is 5.27. The summed E-state index contributed by atoms with van der Waals surface area (Å²) < 4.78 is 5.39. The smallest absolute Gasteiger partial charge is 0.326 e. The molecule has 1 aliphatic carbocycles. The first-order valence-electron chi connectivity index (χ1n) is 9.64. The van der Waals surface area contributed by atoms with Crippen molar-refractivity contribution in [2.75, 3.05) is 31.2 Å². The molecule has 154 valence electrons. The number of fused-ring (bicyclic) bond motifs is 1. The summed E-state index contributed by atoms with van der Waals surface area (Å²) in [4.78, 5) is 51.5.